The van der Waals surface area contributed by atoms with Crippen LogP contribution in [0.15, 0.2) is 48.5 Å². The maximum atomic E-state index is 12.0. The van der Waals surface area contributed by atoms with E-state index in [0.29, 0.717) is 11.3 Å². The molecule has 0 aliphatic heterocycles. The molecule has 6 nitrogen and oxygen atoms in total. The van der Waals surface area contributed by atoms with Crippen LogP contribution in [0, 0.1) is 6.92 Å². The second-order valence-corrected chi connectivity index (χ2v) is 7.85. The Kier molecular flexibility index (Phi) is 5.93. The highest BCUT2D eigenvalue weighted by atomic mass is 32.2. The van der Waals surface area contributed by atoms with E-state index in [-0.39, 0.29) is 11.3 Å². The third-order valence-corrected chi connectivity index (χ3v) is 4.20. The maximum Gasteiger partial charge on any atom is 0.338 e. The number of ether oxygens (including phenoxy) is 1. The molecular weight excluding hydrogens is 342 g/mol. The zero-order valence-corrected chi connectivity index (χ0v) is 14.8. The molecule has 0 unspecified atom stereocenters. The molecule has 0 fully saturated rings. The Morgan fingerprint density at radius 3 is 2.48 bits per heavy atom. The van der Waals surface area contributed by atoms with Gasteiger partial charge in [0.05, 0.1) is 11.3 Å². The molecule has 25 heavy (non-hydrogen) atoms. The zero-order valence-electron chi connectivity index (χ0n) is 14.0. The second-order valence-electron chi connectivity index (χ2n) is 5.71. The summed E-state index contributed by atoms with van der Waals surface area (Å²) in [7, 11) is -3.20. The molecule has 132 valence electrons. The highest BCUT2D eigenvalue weighted by Gasteiger charge is 2.13. The minimum atomic E-state index is -3.20. The van der Waals surface area contributed by atoms with Crippen molar-refractivity contribution in [3.05, 3.63) is 65.2 Å². The minimum absolute atomic E-state index is 0.165. The number of sulfone groups is 1. The lowest BCUT2D eigenvalue weighted by atomic mass is 10.1. The fourth-order valence-corrected chi connectivity index (χ4v) is 2.99. The summed E-state index contributed by atoms with van der Waals surface area (Å²) in [6.07, 6.45) is 1.12. The number of anilines is 1. The van der Waals surface area contributed by atoms with Crippen LogP contribution in [0.3, 0.4) is 0 Å². The first-order valence-corrected chi connectivity index (χ1v) is 9.60. The molecule has 2 aromatic rings. The van der Waals surface area contributed by atoms with Gasteiger partial charge in [-0.25, -0.2) is 13.2 Å². The van der Waals surface area contributed by atoms with Crippen molar-refractivity contribution in [2.75, 3.05) is 18.2 Å². The average Bonchev–Trinajstić information content (AvgIpc) is 2.53. The molecule has 0 aromatic heterocycles. The molecule has 0 heterocycles. The fraction of sp³-hybridized carbons (Fsp3) is 0.222. The topological polar surface area (TPSA) is 89.5 Å². The fourth-order valence-electron chi connectivity index (χ4n) is 2.20. The Hall–Kier alpha value is -2.67. The summed E-state index contributed by atoms with van der Waals surface area (Å²) in [5.74, 6) is -1.30. The summed E-state index contributed by atoms with van der Waals surface area (Å²) in [5.41, 5.74) is 2.24. The molecule has 0 aliphatic rings. The van der Waals surface area contributed by atoms with Gasteiger partial charge in [0.15, 0.2) is 16.4 Å². The van der Waals surface area contributed by atoms with E-state index in [2.05, 4.69) is 5.32 Å². The quantitative estimate of drug-likeness (QED) is 0.798. The molecule has 0 bridgehead atoms. The van der Waals surface area contributed by atoms with Gasteiger partial charge in [0.2, 0.25) is 0 Å². The summed E-state index contributed by atoms with van der Waals surface area (Å²) in [6, 6.07) is 13.4. The number of hydrogen-bond donors (Lipinski definition) is 1. The summed E-state index contributed by atoms with van der Waals surface area (Å²) in [6.45, 7) is 1.43. The van der Waals surface area contributed by atoms with Crippen molar-refractivity contribution >= 4 is 27.4 Å². The highest BCUT2D eigenvalue weighted by molar-refractivity contribution is 7.89. The highest BCUT2D eigenvalue weighted by Crippen LogP contribution is 2.13. The molecule has 0 saturated heterocycles. The number of rotatable bonds is 6. The SMILES string of the molecule is Cc1ccccc1NC(=O)COC(=O)c1cccc(CS(C)(=O)=O)c1. The van der Waals surface area contributed by atoms with Crippen molar-refractivity contribution in [3.8, 4) is 0 Å². The van der Waals surface area contributed by atoms with Gasteiger partial charge in [-0.2, -0.15) is 0 Å². The first kappa shape index (κ1) is 18.7. The number of nitrogens with one attached hydrogen (secondary N) is 1. The summed E-state index contributed by atoms with van der Waals surface area (Å²) in [4.78, 5) is 23.9. The van der Waals surface area contributed by atoms with Crippen molar-refractivity contribution in [3.63, 3.8) is 0 Å². The van der Waals surface area contributed by atoms with Crippen LogP contribution in [-0.4, -0.2) is 33.2 Å². The molecule has 0 saturated carbocycles. The summed E-state index contributed by atoms with van der Waals surface area (Å²) in [5, 5.41) is 2.66. The molecule has 0 atom stereocenters. The van der Waals surface area contributed by atoms with E-state index in [9.17, 15) is 18.0 Å². The van der Waals surface area contributed by atoms with Gasteiger partial charge in [-0.05, 0) is 36.2 Å². The van der Waals surface area contributed by atoms with Crippen LogP contribution in [-0.2, 0) is 25.1 Å². The van der Waals surface area contributed by atoms with Crippen molar-refractivity contribution in [1.29, 1.82) is 0 Å². The van der Waals surface area contributed by atoms with Gasteiger partial charge in [0.25, 0.3) is 5.91 Å². The van der Waals surface area contributed by atoms with Gasteiger partial charge in [-0.3, -0.25) is 4.79 Å². The Labute approximate surface area is 146 Å². The molecule has 1 amide bonds. The molecule has 1 N–H and O–H groups in total. The molecule has 7 heteroatoms. The van der Waals surface area contributed by atoms with Crippen LogP contribution in [0.25, 0.3) is 0 Å². The number of hydrogen-bond acceptors (Lipinski definition) is 5. The van der Waals surface area contributed by atoms with Crippen LogP contribution in [0.5, 0.6) is 0 Å². The molecular formula is C18H19NO5S. The average molecular weight is 361 g/mol. The van der Waals surface area contributed by atoms with E-state index in [0.717, 1.165) is 11.8 Å². The lowest BCUT2D eigenvalue weighted by Crippen LogP contribution is -2.21. The van der Waals surface area contributed by atoms with Crippen molar-refractivity contribution < 1.29 is 22.7 Å². The maximum absolute atomic E-state index is 12.0. The van der Waals surface area contributed by atoms with Crippen molar-refractivity contribution in [2.24, 2.45) is 0 Å². The number of benzene rings is 2. The first-order valence-electron chi connectivity index (χ1n) is 7.54. The lowest BCUT2D eigenvalue weighted by Gasteiger charge is -2.09. The summed E-state index contributed by atoms with van der Waals surface area (Å²) >= 11 is 0. The van der Waals surface area contributed by atoms with Gasteiger partial charge in [0.1, 0.15) is 0 Å². The van der Waals surface area contributed by atoms with Gasteiger partial charge in [-0.15, -0.1) is 0 Å². The van der Waals surface area contributed by atoms with Crippen LogP contribution in [0.4, 0.5) is 5.69 Å². The van der Waals surface area contributed by atoms with E-state index in [1.165, 1.54) is 12.1 Å². The van der Waals surface area contributed by atoms with Crippen LogP contribution >= 0.6 is 0 Å². The Bertz CT molecular complexity index is 890. The molecule has 0 aliphatic carbocycles. The van der Waals surface area contributed by atoms with Gasteiger partial charge >= 0.3 is 5.97 Å². The van der Waals surface area contributed by atoms with Crippen LogP contribution < -0.4 is 5.32 Å². The Balaban J connectivity index is 1.95. The van der Waals surface area contributed by atoms with Gasteiger partial charge in [0, 0.05) is 11.9 Å². The van der Waals surface area contributed by atoms with E-state index in [4.69, 9.17) is 4.74 Å². The number of carbonyl (C=O) groups is 2. The monoisotopic (exact) mass is 361 g/mol. The smallest absolute Gasteiger partial charge is 0.338 e. The third-order valence-electron chi connectivity index (χ3n) is 3.35. The summed E-state index contributed by atoms with van der Waals surface area (Å²) < 4.78 is 27.6. The van der Waals surface area contributed by atoms with E-state index < -0.39 is 28.3 Å². The molecule has 2 aromatic carbocycles. The lowest BCUT2D eigenvalue weighted by molar-refractivity contribution is -0.119. The van der Waals surface area contributed by atoms with E-state index in [1.54, 1.807) is 24.3 Å². The molecule has 0 radical (unpaired) electrons. The Morgan fingerprint density at radius 1 is 1.08 bits per heavy atom. The number of amides is 1. The van der Waals surface area contributed by atoms with Crippen molar-refractivity contribution in [2.45, 2.75) is 12.7 Å². The predicted molar refractivity (Wildman–Crippen MR) is 95.1 cm³/mol. The number of para-hydroxylation sites is 1. The van der Waals surface area contributed by atoms with Crippen LogP contribution in [0.2, 0.25) is 0 Å². The number of carbonyl (C=O) groups excluding carboxylic acids is 2. The zero-order chi connectivity index (χ0) is 18.4. The number of aryl methyl sites for hydroxylation is 1. The van der Waals surface area contributed by atoms with Crippen molar-refractivity contribution in [1.82, 2.24) is 0 Å². The number of esters is 1. The van der Waals surface area contributed by atoms with E-state index >= 15 is 0 Å². The first-order chi connectivity index (χ1) is 11.7. The molecule has 2 rings (SSSR count). The Morgan fingerprint density at radius 2 is 1.80 bits per heavy atom. The van der Waals surface area contributed by atoms with Gasteiger partial charge < -0.3 is 10.1 Å². The van der Waals surface area contributed by atoms with E-state index in [1.807, 2.05) is 19.1 Å². The second kappa shape index (κ2) is 7.94. The van der Waals surface area contributed by atoms with Gasteiger partial charge in [-0.1, -0.05) is 30.3 Å². The molecule has 0 spiro atoms. The largest absolute Gasteiger partial charge is 0.452 e. The van der Waals surface area contributed by atoms with Crippen LogP contribution in [0.1, 0.15) is 21.5 Å². The minimum Gasteiger partial charge on any atom is -0.452 e. The third kappa shape index (κ3) is 6.04. The predicted octanol–water partition coefficient (Wildman–Crippen LogP) is 2.34. The standard InChI is InChI=1S/C18H19NO5S/c1-13-6-3-4-9-16(13)19-17(20)11-24-18(21)15-8-5-7-14(10-15)12-25(2,22)23/h3-10H,11-12H2,1-2H3,(H,19,20). The normalized spacial score (nSPS) is 11.0.